The molecule has 2 aromatic carbocycles. The lowest BCUT2D eigenvalue weighted by atomic mass is 10.00. The molecule has 3 aromatic rings. The van der Waals surface area contributed by atoms with E-state index >= 15 is 0 Å². The highest BCUT2D eigenvalue weighted by atomic mass is 35.5. The molecule has 0 spiro atoms. The zero-order valence-electron chi connectivity index (χ0n) is 17.4. The van der Waals surface area contributed by atoms with Gasteiger partial charge in [0.1, 0.15) is 16.3 Å². The molecule has 182 valence electrons. The minimum Gasteiger partial charge on any atom is -0.384 e. The highest BCUT2D eigenvalue weighted by molar-refractivity contribution is 6.54. The van der Waals surface area contributed by atoms with Gasteiger partial charge in [0.2, 0.25) is 0 Å². The van der Waals surface area contributed by atoms with Gasteiger partial charge in [0.15, 0.2) is 0 Å². The summed E-state index contributed by atoms with van der Waals surface area (Å²) < 4.78 is -1.42. The van der Waals surface area contributed by atoms with Crippen LogP contribution in [0, 0.1) is 5.41 Å². The zero-order chi connectivity index (χ0) is 25.5. The molecule has 1 aromatic heterocycles. The summed E-state index contributed by atoms with van der Waals surface area (Å²) in [5.41, 5.74) is -1.76. The van der Waals surface area contributed by atoms with Crippen LogP contribution >= 0.6 is 58.0 Å². The lowest BCUT2D eigenvalue weighted by Crippen LogP contribution is -2.26. The quantitative estimate of drug-likeness (QED) is 0.237. The van der Waals surface area contributed by atoms with Crippen LogP contribution in [0.25, 0.3) is 0 Å². The number of hydrogen-bond donors (Lipinski definition) is 4. The van der Waals surface area contributed by atoms with Gasteiger partial charge >= 0.3 is 5.69 Å². The van der Waals surface area contributed by atoms with Crippen molar-refractivity contribution in [2.75, 3.05) is 17.2 Å². The number of halogens is 5. The number of nitrogens with one attached hydrogen (secondary N) is 4. The van der Waals surface area contributed by atoms with Gasteiger partial charge in [0.05, 0.1) is 16.0 Å². The molecule has 1 aliphatic carbocycles. The highest BCUT2D eigenvalue weighted by Gasteiger charge is 2.76. The predicted octanol–water partition coefficient (Wildman–Crippen LogP) is 4.84. The lowest BCUT2D eigenvalue weighted by Gasteiger charge is -2.15. The fourth-order valence-corrected chi connectivity index (χ4v) is 5.60. The number of rotatable bonds is 7. The Bertz CT molecular complexity index is 1430. The standard InChI is InChI=1S/C22H15Cl5N4O4/c23-11-3-10(4-12(24)5-11)17-21(9-32,22(17,26)27)8-29-13-1-2-15(25)14(6-13)18(33)30-16-7-28-20(35)31-19(16)34/h1-7,9,17,29H,8H2,(H,30,33)(H2,28,31,34,35). The van der Waals surface area contributed by atoms with Crippen molar-refractivity contribution >= 4 is 81.6 Å². The molecule has 2 atom stereocenters. The van der Waals surface area contributed by atoms with Crippen LogP contribution in [-0.4, -0.2) is 33.0 Å². The first kappa shape index (κ1) is 25.6. The molecule has 0 saturated heterocycles. The number of carbonyl (C=O) groups excluding carboxylic acids is 2. The summed E-state index contributed by atoms with van der Waals surface area (Å²) in [7, 11) is 0. The number of aromatic amines is 2. The molecule has 0 radical (unpaired) electrons. The molecule has 35 heavy (non-hydrogen) atoms. The van der Waals surface area contributed by atoms with Gasteiger partial charge < -0.3 is 20.4 Å². The SMILES string of the molecule is O=CC1(CNc2ccc(Cl)c(C(=O)Nc3c[nH]c(=O)[nH]c3=O)c2)C(c2cc(Cl)cc(Cl)c2)C1(Cl)Cl. The minimum atomic E-state index is -1.42. The Morgan fingerprint density at radius 1 is 1.06 bits per heavy atom. The van der Waals surface area contributed by atoms with Crippen molar-refractivity contribution in [2.24, 2.45) is 5.41 Å². The summed E-state index contributed by atoms with van der Waals surface area (Å²) >= 11 is 31.4. The maximum Gasteiger partial charge on any atom is 0.325 e. The third-order valence-electron chi connectivity index (χ3n) is 5.71. The van der Waals surface area contributed by atoms with Crippen LogP contribution in [0.5, 0.6) is 0 Å². The second kappa shape index (κ2) is 9.52. The smallest absolute Gasteiger partial charge is 0.325 e. The van der Waals surface area contributed by atoms with Crippen LogP contribution in [0.1, 0.15) is 21.8 Å². The molecule has 1 aliphatic rings. The van der Waals surface area contributed by atoms with E-state index in [0.717, 1.165) is 6.20 Å². The Hall–Kier alpha value is -2.49. The molecule has 0 aliphatic heterocycles. The summed E-state index contributed by atoms with van der Waals surface area (Å²) in [6.45, 7) is 0.0284. The summed E-state index contributed by atoms with van der Waals surface area (Å²) in [5.74, 6) is -1.27. The van der Waals surface area contributed by atoms with Crippen LogP contribution in [0.15, 0.2) is 52.2 Å². The number of anilines is 2. The van der Waals surface area contributed by atoms with Crippen molar-refractivity contribution in [1.82, 2.24) is 9.97 Å². The molecular formula is C22H15Cl5N4O4. The number of carbonyl (C=O) groups is 2. The van der Waals surface area contributed by atoms with E-state index in [-0.39, 0.29) is 22.8 Å². The molecule has 8 nitrogen and oxygen atoms in total. The van der Waals surface area contributed by atoms with E-state index in [1.54, 1.807) is 24.3 Å². The molecule has 1 fully saturated rings. The molecule has 1 amide bonds. The van der Waals surface area contributed by atoms with Crippen molar-refractivity contribution in [3.63, 3.8) is 0 Å². The number of benzene rings is 2. The van der Waals surface area contributed by atoms with Gasteiger partial charge in [-0.25, -0.2) is 4.79 Å². The van der Waals surface area contributed by atoms with Crippen LogP contribution in [0.3, 0.4) is 0 Å². The van der Waals surface area contributed by atoms with E-state index in [1.807, 2.05) is 4.98 Å². The molecule has 13 heteroatoms. The maximum atomic E-state index is 12.7. The maximum absolute atomic E-state index is 12.7. The fourth-order valence-electron chi connectivity index (χ4n) is 3.88. The van der Waals surface area contributed by atoms with E-state index in [1.165, 1.54) is 12.1 Å². The van der Waals surface area contributed by atoms with Gasteiger partial charge in [-0.05, 0) is 42.0 Å². The van der Waals surface area contributed by atoms with Crippen LogP contribution in [0.2, 0.25) is 15.1 Å². The molecule has 4 N–H and O–H groups in total. The number of alkyl halides is 2. The summed E-state index contributed by atoms with van der Waals surface area (Å²) in [4.78, 5) is 52.1. The van der Waals surface area contributed by atoms with Crippen molar-refractivity contribution < 1.29 is 9.59 Å². The third kappa shape index (κ3) is 4.81. The second-order valence-corrected chi connectivity index (χ2v) is 10.6. The van der Waals surface area contributed by atoms with Gasteiger partial charge in [0.25, 0.3) is 11.5 Å². The number of H-pyrrole nitrogens is 2. The average Bonchev–Trinajstić information content (AvgIpc) is 3.29. The van der Waals surface area contributed by atoms with Crippen molar-refractivity contribution in [3.8, 4) is 0 Å². The molecular weight excluding hydrogens is 562 g/mol. The summed E-state index contributed by atoms with van der Waals surface area (Å²) in [6.07, 6.45) is 1.75. The molecule has 0 bridgehead atoms. The van der Waals surface area contributed by atoms with Gasteiger partial charge in [-0.2, -0.15) is 0 Å². The van der Waals surface area contributed by atoms with Crippen molar-refractivity contribution in [2.45, 2.75) is 10.3 Å². The van der Waals surface area contributed by atoms with Crippen LogP contribution in [-0.2, 0) is 4.79 Å². The lowest BCUT2D eigenvalue weighted by molar-refractivity contribution is -0.112. The Balaban J connectivity index is 1.55. The minimum absolute atomic E-state index is 0.0284. The zero-order valence-corrected chi connectivity index (χ0v) is 21.2. The molecule has 4 rings (SSSR count). The van der Waals surface area contributed by atoms with Crippen molar-refractivity contribution in [3.05, 3.63) is 89.6 Å². The Kier molecular flexibility index (Phi) is 6.96. The van der Waals surface area contributed by atoms with Gasteiger partial charge in [-0.15, -0.1) is 0 Å². The molecule has 1 saturated carbocycles. The number of aromatic nitrogens is 2. The van der Waals surface area contributed by atoms with E-state index in [9.17, 15) is 19.2 Å². The van der Waals surface area contributed by atoms with E-state index < -0.39 is 32.8 Å². The number of hydrogen-bond acceptors (Lipinski definition) is 5. The topological polar surface area (TPSA) is 124 Å². The van der Waals surface area contributed by atoms with Crippen LogP contribution in [0.4, 0.5) is 11.4 Å². The summed E-state index contributed by atoms with van der Waals surface area (Å²) in [5, 5.41) is 6.32. The Labute approximate surface area is 222 Å². The predicted molar refractivity (Wildman–Crippen MR) is 138 cm³/mol. The summed E-state index contributed by atoms with van der Waals surface area (Å²) in [6, 6.07) is 9.36. The first-order chi connectivity index (χ1) is 16.5. The van der Waals surface area contributed by atoms with Gasteiger partial charge in [-0.1, -0.05) is 58.0 Å². The molecule has 2 unspecified atom stereocenters. The first-order valence-electron chi connectivity index (χ1n) is 9.95. The van der Waals surface area contributed by atoms with Crippen LogP contribution < -0.4 is 21.9 Å². The van der Waals surface area contributed by atoms with E-state index in [0.29, 0.717) is 27.6 Å². The Morgan fingerprint density at radius 3 is 2.37 bits per heavy atom. The normalized spacial score (nSPS) is 20.2. The van der Waals surface area contributed by atoms with Crippen molar-refractivity contribution in [1.29, 1.82) is 0 Å². The number of aldehydes is 1. The van der Waals surface area contributed by atoms with E-state index in [4.69, 9.17) is 58.0 Å². The highest BCUT2D eigenvalue weighted by Crippen LogP contribution is 2.73. The first-order valence-corrected chi connectivity index (χ1v) is 11.8. The number of amides is 1. The monoisotopic (exact) mass is 574 g/mol. The van der Waals surface area contributed by atoms with Gasteiger partial charge in [0, 0.05) is 34.4 Å². The Morgan fingerprint density at radius 2 is 1.74 bits per heavy atom. The fraction of sp³-hybridized carbons (Fsp3) is 0.182. The molecule has 1 heterocycles. The van der Waals surface area contributed by atoms with E-state index in [2.05, 4.69) is 15.6 Å². The average molecular weight is 577 g/mol. The third-order valence-corrected chi connectivity index (χ3v) is 7.61. The largest absolute Gasteiger partial charge is 0.384 e. The second-order valence-electron chi connectivity index (χ2n) is 7.90. The van der Waals surface area contributed by atoms with Gasteiger partial charge in [-0.3, -0.25) is 14.6 Å².